The van der Waals surface area contributed by atoms with E-state index in [9.17, 15) is 20.1 Å². The summed E-state index contributed by atoms with van der Waals surface area (Å²) >= 11 is 11.5. The Hall–Kier alpha value is -1.99. The van der Waals surface area contributed by atoms with E-state index >= 15 is 0 Å². The van der Waals surface area contributed by atoms with Crippen molar-refractivity contribution in [3.63, 3.8) is 0 Å². The third-order valence-electron chi connectivity index (χ3n) is 8.43. The van der Waals surface area contributed by atoms with Crippen LogP contribution in [0.2, 0.25) is 10.0 Å². The average molecular weight is 564 g/mol. The number of aryl methyl sites for hydroxylation is 1. The van der Waals surface area contributed by atoms with Crippen LogP contribution in [0.5, 0.6) is 11.5 Å². The van der Waals surface area contributed by atoms with E-state index in [0.29, 0.717) is 22.4 Å². The fraction of sp³-hybridized carbons (Fsp3) is 0.567. The summed E-state index contributed by atoms with van der Waals surface area (Å²) in [6.07, 6.45) is 10.4. The van der Waals surface area contributed by atoms with E-state index in [2.05, 4.69) is 10.2 Å². The summed E-state index contributed by atoms with van der Waals surface area (Å²) in [6.45, 7) is 2.26. The lowest BCUT2D eigenvalue weighted by molar-refractivity contribution is -0.143. The maximum absolute atomic E-state index is 11.6. The van der Waals surface area contributed by atoms with Gasteiger partial charge in [0.25, 0.3) is 0 Å². The van der Waals surface area contributed by atoms with Crippen LogP contribution in [0, 0.1) is 11.8 Å². The molecule has 1 saturated heterocycles. The average Bonchev–Trinajstić information content (AvgIpc) is 3.72. The van der Waals surface area contributed by atoms with Gasteiger partial charge in [0.15, 0.2) is 11.5 Å². The van der Waals surface area contributed by atoms with E-state index in [4.69, 9.17) is 23.2 Å². The van der Waals surface area contributed by atoms with Crippen LogP contribution < -0.4 is 5.32 Å². The van der Waals surface area contributed by atoms with Gasteiger partial charge < -0.3 is 20.6 Å². The number of piperidine rings is 1. The van der Waals surface area contributed by atoms with Crippen molar-refractivity contribution in [2.45, 2.75) is 75.9 Å². The number of benzene rings is 2. The number of aliphatic hydroxyl groups is 1. The van der Waals surface area contributed by atoms with Crippen LogP contribution in [-0.2, 0) is 17.6 Å². The minimum Gasteiger partial charge on any atom is -0.504 e. The van der Waals surface area contributed by atoms with E-state index in [1.54, 1.807) is 37.4 Å². The molecule has 2 unspecified atom stereocenters. The lowest BCUT2D eigenvalue weighted by Gasteiger charge is -2.54. The second-order valence-electron chi connectivity index (χ2n) is 11.1. The quantitative estimate of drug-likeness (QED) is 0.324. The van der Waals surface area contributed by atoms with Crippen LogP contribution in [0.25, 0.3) is 0 Å². The highest BCUT2D eigenvalue weighted by molar-refractivity contribution is 6.42. The monoisotopic (exact) mass is 562 g/mol. The number of carbonyl (C=O) groups is 1. The SMILES string of the molecule is CNC(=O)Cc1ccc(Cl)c(Cl)c1.Oc1ccc(CC[C@H]2N(CC3CC3)CCC3CCCCC32O)cc1O. The molecule has 1 amide bonds. The molecular weight excluding hydrogens is 523 g/mol. The van der Waals surface area contributed by atoms with Gasteiger partial charge in [-0.3, -0.25) is 9.69 Å². The molecule has 3 fully saturated rings. The van der Waals surface area contributed by atoms with E-state index in [0.717, 1.165) is 62.2 Å². The van der Waals surface area contributed by atoms with Crippen LogP contribution in [0.3, 0.4) is 0 Å². The van der Waals surface area contributed by atoms with Crippen LogP contribution in [0.4, 0.5) is 0 Å². The Morgan fingerprint density at radius 1 is 1.00 bits per heavy atom. The van der Waals surface area contributed by atoms with Crippen molar-refractivity contribution in [2.24, 2.45) is 11.8 Å². The molecule has 2 aromatic rings. The van der Waals surface area contributed by atoms with Crippen molar-refractivity contribution < 1.29 is 20.1 Å². The zero-order chi connectivity index (χ0) is 27.3. The van der Waals surface area contributed by atoms with Crippen molar-refractivity contribution >= 4 is 29.1 Å². The van der Waals surface area contributed by atoms with Gasteiger partial charge in [-0.25, -0.2) is 0 Å². The standard InChI is InChI=1S/C21H31NO3.C9H9Cl2NO/c23-18-8-6-15(13-19(18)24)7-9-20-21(25)11-2-1-3-17(21)10-12-22(20)14-16-4-5-16;1-12-9(13)5-6-2-3-7(10)8(11)4-6/h6,8,13,16-17,20,23-25H,1-5,7,9-12,14H2;2-4H,5H2,1H3,(H,12,13)/t17?,20-,21?;/m1./s1. The number of nitrogens with one attached hydrogen (secondary N) is 1. The molecule has 8 heteroatoms. The van der Waals surface area contributed by atoms with Crippen molar-refractivity contribution in [2.75, 3.05) is 20.1 Å². The molecule has 2 aromatic carbocycles. The molecule has 6 nitrogen and oxygen atoms in total. The van der Waals surface area contributed by atoms with Gasteiger partial charge in [-0.05, 0) is 98.7 Å². The second kappa shape index (κ2) is 12.9. The van der Waals surface area contributed by atoms with Crippen molar-refractivity contribution in [1.82, 2.24) is 10.2 Å². The van der Waals surface area contributed by atoms with Crippen molar-refractivity contribution in [1.29, 1.82) is 0 Å². The number of likely N-dealkylation sites (N-methyl/N-ethyl adjacent to an activating group) is 1. The number of phenolic OH excluding ortho intramolecular Hbond substituents is 2. The van der Waals surface area contributed by atoms with Crippen molar-refractivity contribution in [3.05, 3.63) is 57.6 Å². The Kier molecular flexibility index (Phi) is 9.85. The van der Waals surface area contributed by atoms with E-state index < -0.39 is 5.60 Å². The van der Waals surface area contributed by atoms with Crippen LogP contribution in [0.1, 0.15) is 62.5 Å². The van der Waals surface area contributed by atoms with Gasteiger partial charge in [-0.1, -0.05) is 48.2 Å². The largest absolute Gasteiger partial charge is 0.504 e. The van der Waals surface area contributed by atoms with Gasteiger partial charge in [-0.15, -0.1) is 0 Å². The number of hydrogen-bond acceptors (Lipinski definition) is 5. The summed E-state index contributed by atoms with van der Waals surface area (Å²) in [4.78, 5) is 13.6. The summed E-state index contributed by atoms with van der Waals surface area (Å²) in [5, 5.41) is 34.4. The van der Waals surface area contributed by atoms with Gasteiger partial charge in [0.2, 0.25) is 5.91 Å². The predicted octanol–water partition coefficient (Wildman–Crippen LogP) is 5.72. The summed E-state index contributed by atoms with van der Waals surface area (Å²) in [6, 6.07) is 10.5. The zero-order valence-electron chi connectivity index (χ0n) is 22.1. The van der Waals surface area contributed by atoms with Gasteiger partial charge in [0, 0.05) is 19.6 Å². The molecule has 2 saturated carbocycles. The molecule has 1 heterocycles. The summed E-state index contributed by atoms with van der Waals surface area (Å²) in [5.74, 6) is 1.13. The number of aromatic hydroxyl groups is 2. The maximum atomic E-state index is 11.6. The van der Waals surface area contributed by atoms with Gasteiger partial charge in [0.1, 0.15) is 0 Å². The molecule has 5 rings (SSSR count). The Morgan fingerprint density at radius 2 is 1.76 bits per heavy atom. The maximum Gasteiger partial charge on any atom is 0.224 e. The van der Waals surface area contributed by atoms with Gasteiger partial charge in [-0.2, -0.15) is 0 Å². The second-order valence-corrected chi connectivity index (χ2v) is 12.0. The molecule has 1 aliphatic heterocycles. The van der Waals surface area contributed by atoms with E-state index in [1.165, 1.54) is 25.7 Å². The molecule has 2 aliphatic carbocycles. The molecule has 0 radical (unpaired) electrons. The summed E-state index contributed by atoms with van der Waals surface area (Å²) in [7, 11) is 1.60. The van der Waals surface area contributed by atoms with E-state index in [1.807, 2.05) is 6.07 Å². The van der Waals surface area contributed by atoms with Crippen molar-refractivity contribution in [3.8, 4) is 11.5 Å². The minimum atomic E-state index is -0.537. The molecule has 4 N–H and O–H groups in total. The molecule has 0 bridgehead atoms. The highest BCUT2D eigenvalue weighted by Gasteiger charge is 2.50. The molecule has 3 aliphatic rings. The number of phenols is 2. The van der Waals surface area contributed by atoms with Gasteiger partial charge in [0.05, 0.1) is 22.1 Å². The number of rotatable bonds is 7. The number of nitrogens with zero attached hydrogens (tertiary/aromatic N) is 1. The summed E-state index contributed by atoms with van der Waals surface area (Å²) < 4.78 is 0. The smallest absolute Gasteiger partial charge is 0.224 e. The Morgan fingerprint density at radius 3 is 2.45 bits per heavy atom. The fourth-order valence-corrected chi connectivity index (χ4v) is 6.43. The molecular formula is C30H40Cl2N2O4. The number of amides is 1. The number of hydrogen-bond donors (Lipinski definition) is 4. The highest BCUT2D eigenvalue weighted by atomic mass is 35.5. The van der Waals surface area contributed by atoms with Crippen LogP contribution in [0.15, 0.2) is 36.4 Å². The van der Waals surface area contributed by atoms with Crippen LogP contribution >= 0.6 is 23.2 Å². The Balaban J connectivity index is 0.000000219. The lowest BCUT2D eigenvalue weighted by Crippen LogP contribution is -2.62. The molecule has 3 atom stereocenters. The molecule has 208 valence electrons. The normalized spacial score (nSPS) is 25.2. The molecule has 0 spiro atoms. The third-order valence-corrected chi connectivity index (χ3v) is 9.17. The number of carbonyl (C=O) groups excluding carboxylic acids is 1. The lowest BCUT2D eigenvalue weighted by atomic mass is 9.66. The Bertz CT molecular complexity index is 1110. The highest BCUT2D eigenvalue weighted by Crippen LogP contribution is 2.46. The summed E-state index contributed by atoms with van der Waals surface area (Å²) in [5.41, 5.74) is 1.35. The van der Waals surface area contributed by atoms with Gasteiger partial charge >= 0.3 is 0 Å². The first-order chi connectivity index (χ1) is 18.2. The first kappa shape index (κ1) is 29.0. The number of fused-ring (bicyclic) bond motifs is 1. The molecule has 38 heavy (non-hydrogen) atoms. The minimum absolute atomic E-state index is 0.0432. The molecule has 0 aromatic heterocycles. The number of halogens is 2. The Labute approximate surface area is 236 Å². The van der Waals surface area contributed by atoms with E-state index in [-0.39, 0.29) is 23.4 Å². The fourth-order valence-electron chi connectivity index (χ4n) is 6.11. The number of likely N-dealkylation sites (tertiary alicyclic amines) is 1. The first-order valence-electron chi connectivity index (χ1n) is 13.8. The third kappa shape index (κ3) is 7.35. The van der Waals surface area contributed by atoms with Crippen LogP contribution in [-0.4, -0.2) is 57.9 Å². The predicted molar refractivity (Wildman–Crippen MR) is 152 cm³/mol. The zero-order valence-corrected chi connectivity index (χ0v) is 23.6. The topological polar surface area (TPSA) is 93.0 Å². The first-order valence-corrected chi connectivity index (χ1v) is 14.6.